The van der Waals surface area contributed by atoms with Gasteiger partial charge in [0.15, 0.2) is 0 Å². The van der Waals surface area contributed by atoms with Crippen molar-refractivity contribution in [1.29, 1.82) is 0 Å². The van der Waals surface area contributed by atoms with E-state index in [9.17, 15) is 8.42 Å². The average Bonchev–Trinajstić information content (AvgIpc) is 2.41. The maximum absolute atomic E-state index is 12.3. The first-order valence-electron chi connectivity index (χ1n) is 5.38. The summed E-state index contributed by atoms with van der Waals surface area (Å²) in [6.45, 7) is 1.76. The van der Waals surface area contributed by atoms with Gasteiger partial charge >= 0.3 is 0 Å². The Bertz CT molecular complexity index is 687. The topological polar surface area (TPSA) is 110 Å². The second-order valence-corrected chi connectivity index (χ2v) is 5.46. The third-order valence-corrected chi connectivity index (χ3v) is 3.89. The van der Waals surface area contributed by atoms with Crippen molar-refractivity contribution in [2.45, 2.75) is 11.8 Å². The molecule has 0 amide bonds. The first-order chi connectivity index (χ1) is 9.04. The number of hydrogen-bond acceptors (Lipinski definition) is 6. The van der Waals surface area contributed by atoms with Crippen molar-refractivity contribution < 1.29 is 8.42 Å². The summed E-state index contributed by atoms with van der Waals surface area (Å²) in [5.74, 6) is 5.29. The predicted molar refractivity (Wildman–Crippen MR) is 71.8 cm³/mol. The van der Waals surface area contributed by atoms with E-state index in [1.165, 1.54) is 24.7 Å². The van der Waals surface area contributed by atoms with Crippen molar-refractivity contribution in [3.05, 3.63) is 42.5 Å². The summed E-state index contributed by atoms with van der Waals surface area (Å²) in [6.07, 6.45) is 5.76. The first-order valence-corrected chi connectivity index (χ1v) is 6.87. The standard InChI is InChI=1S/C11H13N5O2S/c1-8-6-13-4-2-9(8)16-19(17,18)11-7-14-5-3-10(11)15-12/h2-7H,12H2,1H3,(H,13,16)(H,14,15). The van der Waals surface area contributed by atoms with Crippen LogP contribution in [0.4, 0.5) is 11.4 Å². The number of nitrogens with two attached hydrogens (primary N) is 1. The van der Waals surface area contributed by atoms with E-state index >= 15 is 0 Å². The molecule has 0 aliphatic carbocycles. The number of sulfonamides is 1. The van der Waals surface area contributed by atoms with Crippen molar-refractivity contribution in [2.24, 2.45) is 5.84 Å². The summed E-state index contributed by atoms with van der Waals surface area (Å²) in [7, 11) is -3.76. The zero-order chi connectivity index (χ0) is 13.9. The Morgan fingerprint density at radius 1 is 1.11 bits per heavy atom. The molecule has 19 heavy (non-hydrogen) atoms. The van der Waals surface area contributed by atoms with Gasteiger partial charge < -0.3 is 5.43 Å². The highest BCUT2D eigenvalue weighted by molar-refractivity contribution is 7.92. The number of nitrogen functional groups attached to an aromatic ring is 1. The highest BCUT2D eigenvalue weighted by Crippen LogP contribution is 2.22. The summed E-state index contributed by atoms with van der Waals surface area (Å²) in [5.41, 5.74) is 3.78. The number of aryl methyl sites for hydroxylation is 1. The molecule has 100 valence electrons. The molecule has 0 saturated heterocycles. The van der Waals surface area contributed by atoms with E-state index in [2.05, 4.69) is 20.1 Å². The van der Waals surface area contributed by atoms with Crippen molar-refractivity contribution in [2.75, 3.05) is 10.1 Å². The van der Waals surface area contributed by atoms with Gasteiger partial charge in [-0.2, -0.15) is 0 Å². The van der Waals surface area contributed by atoms with Crippen molar-refractivity contribution in [1.82, 2.24) is 9.97 Å². The largest absolute Gasteiger partial charge is 0.323 e. The molecule has 0 bridgehead atoms. The molecular formula is C11H13N5O2S. The van der Waals surface area contributed by atoms with E-state index in [-0.39, 0.29) is 10.6 Å². The zero-order valence-corrected chi connectivity index (χ0v) is 11.0. The molecule has 0 aliphatic rings. The molecule has 0 unspecified atom stereocenters. The van der Waals surface area contributed by atoms with Gasteiger partial charge in [-0.25, -0.2) is 8.42 Å². The fourth-order valence-electron chi connectivity index (χ4n) is 1.50. The van der Waals surface area contributed by atoms with E-state index in [0.29, 0.717) is 5.69 Å². The minimum Gasteiger partial charge on any atom is -0.323 e. The molecule has 2 aromatic heterocycles. The van der Waals surface area contributed by atoms with Crippen LogP contribution in [0, 0.1) is 6.92 Å². The maximum Gasteiger partial charge on any atom is 0.265 e. The minimum absolute atomic E-state index is 0.0197. The van der Waals surface area contributed by atoms with Crippen molar-refractivity contribution in [3.8, 4) is 0 Å². The molecule has 0 fully saturated rings. The molecule has 2 aromatic rings. The zero-order valence-electron chi connectivity index (χ0n) is 10.2. The molecule has 0 saturated carbocycles. The molecular weight excluding hydrogens is 266 g/mol. The van der Waals surface area contributed by atoms with Crippen LogP contribution in [-0.2, 0) is 10.0 Å². The van der Waals surface area contributed by atoms with Gasteiger partial charge in [0, 0.05) is 24.8 Å². The van der Waals surface area contributed by atoms with Crippen LogP contribution >= 0.6 is 0 Å². The molecule has 0 atom stereocenters. The Labute approximate surface area is 110 Å². The van der Waals surface area contributed by atoms with Gasteiger partial charge in [0.2, 0.25) is 0 Å². The summed E-state index contributed by atoms with van der Waals surface area (Å²) >= 11 is 0. The van der Waals surface area contributed by atoms with Crippen LogP contribution in [0.2, 0.25) is 0 Å². The lowest BCUT2D eigenvalue weighted by molar-refractivity contribution is 0.601. The molecule has 2 rings (SSSR count). The van der Waals surface area contributed by atoms with E-state index in [4.69, 9.17) is 5.84 Å². The maximum atomic E-state index is 12.3. The van der Waals surface area contributed by atoms with E-state index in [1.54, 1.807) is 19.2 Å². The number of aromatic nitrogens is 2. The Balaban J connectivity index is 2.41. The quantitative estimate of drug-likeness (QED) is 0.566. The van der Waals surface area contributed by atoms with Crippen LogP contribution in [0.25, 0.3) is 0 Å². The SMILES string of the molecule is Cc1cnccc1NS(=O)(=O)c1cnccc1NN. The summed E-state index contributed by atoms with van der Waals surface area (Å²) in [4.78, 5) is 7.68. The van der Waals surface area contributed by atoms with Crippen LogP contribution in [0.15, 0.2) is 41.8 Å². The molecule has 0 aromatic carbocycles. The summed E-state index contributed by atoms with van der Waals surface area (Å²) in [6, 6.07) is 3.06. The molecule has 2 heterocycles. The number of hydrazine groups is 1. The number of rotatable bonds is 4. The van der Waals surface area contributed by atoms with Gasteiger partial charge in [-0.05, 0) is 24.6 Å². The first kappa shape index (κ1) is 13.2. The Kier molecular flexibility index (Phi) is 3.63. The molecule has 8 heteroatoms. The van der Waals surface area contributed by atoms with Gasteiger partial charge in [-0.3, -0.25) is 20.5 Å². The number of nitrogens with one attached hydrogen (secondary N) is 2. The van der Waals surface area contributed by atoms with Gasteiger partial charge in [0.25, 0.3) is 10.0 Å². The number of hydrogen-bond donors (Lipinski definition) is 3. The molecule has 0 radical (unpaired) electrons. The second kappa shape index (κ2) is 5.21. The number of anilines is 2. The van der Waals surface area contributed by atoms with Crippen LogP contribution in [0.1, 0.15) is 5.56 Å². The lowest BCUT2D eigenvalue weighted by Gasteiger charge is -2.12. The summed E-state index contributed by atoms with van der Waals surface area (Å²) in [5, 5.41) is 0. The monoisotopic (exact) mass is 279 g/mol. The van der Waals surface area contributed by atoms with Crippen LogP contribution < -0.4 is 16.0 Å². The van der Waals surface area contributed by atoms with Crippen LogP contribution in [0.5, 0.6) is 0 Å². The van der Waals surface area contributed by atoms with E-state index in [0.717, 1.165) is 5.56 Å². The highest BCUT2D eigenvalue weighted by atomic mass is 32.2. The molecule has 7 nitrogen and oxygen atoms in total. The van der Waals surface area contributed by atoms with Gasteiger partial charge in [0.05, 0.1) is 11.4 Å². The van der Waals surface area contributed by atoms with Gasteiger partial charge in [-0.15, -0.1) is 0 Å². The fourth-order valence-corrected chi connectivity index (χ4v) is 2.75. The number of nitrogens with zero attached hydrogens (tertiary/aromatic N) is 2. The van der Waals surface area contributed by atoms with E-state index < -0.39 is 10.0 Å². The Hall–Kier alpha value is -2.19. The molecule has 0 aliphatic heterocycles. The second-order valence-electron chi connectivity index (χ2n) is 3.81. The Morgan fingerprint density at radius 3 is 2.37 bits per heavy atom. The Morgan fingerprint density at radius 2 is 1.74 bits per heavy atom. The molecule has 4 N–H and O–H groups in total. The van der Waals surface area contributed by atoms with E-state index in [1.807, 2.05) is 0 Å². The predicted octanol–water partition coefficient (Wildman–Crippen LogP) is 0.871. The third kappa shape index (κ3) is 2.80. The lowest BCUT2D eigenvalue weighted by atomic mass is 10.3. The highest BCUT2D eigenvalue weighted by Gasteiger charge is 2.19. The minimum atomic E-state index is -3.76. The van der Waals surface area contributed by atoms with Crippen LogP contribution in [0.3, 0.4) is 0 Å². The van der Waals surface area contributed by atoms with Gasteiger partial charge in [-0.1, -0.05) is 0 Å². The normalized spacial score (nSPS) is 11.1. The van der Waals surface area contributed by atoms with Crippen LogP contribution in [-0.4, -0.2) is 18.4 Å². The third-order valence-electron chi connectivity index (χ3n) is 2.49. The van der Waals surface area contributed by atoms with Gasteiger partial charge in [0.1, 0.15) is 4.90 Å². The van der Waals surface area contributed by atoms with Crippen molar-refractivity contribution >= 4 is 21.4 Å². The number of pyridine rings is 2. The average molecular weight is 279 g/mol. The summed E-state index contributed by atoms with van der Waals surface area (Å²) < 4.78 is 27.0. The smallest absolute Gasteiger partial charge is 0.265 e. The lowest BCUT2D eigenvalue weighted by Crippen LogP contribution is -2.18. The van der Waals surface area contributed by atoms with Crippen molar-refractivity contribution in [3.63, 3.8) is 0 Å². The molecule has 0 spiro atoms. The fraction of sp³-hybridized carbons (Fsp3) is 0.0909.